The van der Waals surface area contributed by atoms with Gasteiger partial charge in [-0.3, -0.25) is 9.36 Å². The van der Waals surface area contributed by atoms with E-state index in [1.807, 2.05) is 0 Å². The Bertz CT molecular complexity index is 578. The van der Waals surface area contributed by atoms with Crippen molar-refractivity contribution in [1.29, 1.82) is 0 Å². The van der Waals surface area contributed by atoms with Gasteiger partial charge in [0.1, 0.15) is 12.1 Å². The second kappa shape index (κ2) is 5.79. The van der Waals surface area contributed by atoms with Crippen molar-refractivity contribution >= 4 is 5.91 Å². The van der Waals surface area contributed by atoms with Gasteiger partial charge in [0.05, 0.1) is 0 Å². The van der Waals surface area contributed by atoms with Crippen molar-refractivity contribution in [2.45, 2.75) is 18.9 Å². The molecule has 104 valence electrons. The first kappa shape index (κ1) is 12.7. The lowest BCUT2D eigenvalue weighted by atomic mass is 10.1. The number of hydrogen-bond acceptors (Lipinski definition) is 5. The molecule has 0 aliphatic carbocycles. The Balaban J connectivity index is 1.73. The maximum atomic E-state index is 12.1. The molecule has 1 N–H and O–H groups in total. The Morgan fingerprint density at radius 3 is 2.95 bits per heavy atom. The van der Waals surface area contributed by atoms with Gasteiger partial charge >= 0.3 is 0 Å². The molecule has 2 aromatic heterocycles. The highest BCUT2D eigenvalue weighted by Crippen LogP contribution is 2.08. The molecule has 0 saturated carbocycles. The summed E-state index contributed by atoms with van der Waals surface area (Å²) in [6, 6.07) is 1.86. The van der Waals surface area contributed by atoms with Gasteiger partial charge in [-0.2, -0.15) is 0 Å². The van der Waals surface area contributed by atoms with Crippen molar-refractivity contribution < 1.29 is 9.53 Å². The zero-order valence-electron chi connectivity index (χ0n) is 10.9. The highest BCUT2D eigenvalue weighted by atomic mass is 16.5. The number of imidazole rings is 1. The molecule has 1 aliphatic rings. The van der Waals surface area contributed by atoms with Gasteiger partial charge in [0.2, 0.25) is 5.82 Å². The van der Waals surface area contributed by atoms with Crippen LogP contribution in [0.15, 0.2) is 31.0 Å². The average molecular weight is 273 g/mol. The highest BCUT2D eigenvalue weighted by Gasteiger charge is 2.18. The average Bonchev–Trinajstić information content (AvgIpc) is 3.03. The molecular formula is C13H15N5O2. The summed E-state index contributed by atoms with van der Waals surface area (Å²) in [5, 5.41) is 2.94. The van der Waals surface area contributed by atoms with Crippen LogP contribution in [0.3, 0.4) is 0 Å². The van der Waals surface area contributed by atoms with E-state index in [-0.39, 0.29) is 17.8 Å². The molecule has 1 fully saturated rings. The molecule has 1 saturated heterocycles. The molecule has 3 rings (SSSR count). The Morgan fingerprint density at radius 1 is 1.35 bits per heavy atom. The molecule has 3 heterocycles. The Kier molecular flexibility index (Phi) is 3.69. The van der Waals surface area contributed by atoms with Crippen LogP contribution in [0, 0.1) is 0 Å². The van der Waals surface area contributed by atoms with E-state index < -0.39 is 0 Å². The second-order valence-electron chi connectivity index (χ2n) is 4.57. The lowest BCUT2D eigenvalue weighted by Gasteiger charge is -2.22. The zero-order chi connectivity index (χ0) is 13.8. The summed E-state index contributed by atoms with van der Waals surface area (Å²) in [5.74, 6) is 0.538. The first-order valence-corrected chi connectivity index (χ1v) is 6.53. The van der Waals surface area contributed by atoms with Gasteiger partial charge in [0, 0.05) is 37.8 Å². The van der Waals surface area contributed by atoms with E-state index in [0.29, 0.717) is 19.0 Å². The molecule has 0 radical (unpaired) electrons. The van der Waals surface area contributed by atoms with Gasteiger partial charge < -0.3 is 10.1 Å². The number of aromatic nitrogens is 4. The van der Waals surface area contributed by atoms with Crippen LogP contribution in [0.4, 0.5) is 0 Å². The highest BCUT2D eigenvalue weighted by molar-refractivity contribution is 5.90. The number of ether oxygens (including phenoxy) is 1. The second-order valence-corrected chi connectivity index (χ2v) is 4.57. The van der Waals surface area contributed by atoms with E-state index in [2.05, 4.69) is 20.3 Å². The smallest absolute Gasteiger partial charge is 0.289 e. The third-order valence-corrected chi connectivity index (χ3v) is 3.17. The van der Waals surface area contributed by atoms with Crippen LogP contribution in [-0.2, 0) is 4.74 Å². The molecule has 20 heavy (non-hydrogen) atoms. The third-order valence-electron chi connectivity index (χ3n) is 3.17. The van der Waals surface area contributed by atoms with E-state index in [1.165, 1.54) is 0 Å². The van der Waals surface area contributed by atoms with Gasteiger partial charge in [-0.1, -0.05) is 0 Å². The van der Waals surface area contributed by atoms with Gasteiger partial charge in [-0.05, 0) is 18.9 Å². The topological polar surface area (TPSA) is 81.9 Å². The van der Waals surface area contributed by atoms with Crippen LogP contribution in [0.25, 0.3) is 5.82 Å². The van der Waals surface area contributed by atoms with Crippen LogP contribution in [-0.4, -0.2) is 44.7 Å². The first-order chi connectivity index (χ1) is 9.83. The molecule has 1 amide bonds. The predicted molar refractivity (Wildman–Crippen MR) is 70.5 cm³/mol. The molecule has 0 bridgehead atoms. The van der Waals surface area contributed by atoms with Crippen LogP contribution in [0.5, 0.6) is 0 Å². The minimum Gasteiger partial charge on any atom is -0.381 e. The van der Waals surface area contributed by atoms with Crippen LogP contribution in [0.1, 0.15) is 23.5 Å². The molecule has 0 atom stereocenters. The van der Waals surface area contributed by atoms with Crippen LogP contribution in [0.2, 0.25) is 0 Å². The summed E-state index contributed by atoms with van der Waals surface area (Å²) in [6.45, 7) is 1.36. The first-order valence-electron chi connectivity index (χ1n) is 6.53. The van der Waals surface area contributed by atoms with Crippen LogP contribution < -0.4 is 5.32 Å². The summed E-state index contributed by atoms with van der Waals surface area (Å²) in [6.07, 6.45) is 8.27. The zero-order valence-corrected chi connectivity index (χ0v) is 10.9. The monoisotopic (exact) mass is 273 g/mol. The molecule has 1 aliphatic heterocycles. The van der Waals surface area contributed by atoms with E-state index in [9.17, 15) is 4.79 Å². The largest absolute Gasteiger partial charge is 0.381 e. The maximum Gasteiger partial charge on any atom is 0.289 e. The SMILES string of the molecule is O=C(NC1CCOCC1)c1nccc(-n2ccnc2)n1. The van der Waals surface area contributed by atoms with Gasteiger partial charge in [0.25, 0.3) is 5.91 Å². The lowest BCUT2D eigenvalue weighted by Crippen LogP contribution is -2.39. The van der Waals surface area contributed by atoms with Crippen molar-refractivity contribution in [2.75, 3.05) is 13.2 Å². The predicted octanol–water partition coefficient (Wildman–Crippen LogP) is 0.571. The van der Waals surface area contributed by atoms with Crippen molar-refractivity contribution in [3.05, 3.63) is 36.8 Å². The summed E-state index contributed by atoms with van der Waals surface area (Å²) in [7, 11) is 0. The summed E-state index contributed by atoms with van der Waals surface area (Å²) in [5.41, 5.74) is 0. The van der Waals surface area contributed by atoms with Gasteiger partial charge in [-0.15, -0.1) is 0 Å². The minimum atomic E-state index is -0.251. The Labute approximate surface area is 116 Å². The van der Waals surface area contributed by atoms with E-state index in [4.69, 9.17) is 4.74 Å². The molecule has 7 heteroatoms. The lowest BCUT2D eigenvalue weighted by molar-refractivity contribution is 0.0691. The van der Waals surface area contributed by atoms with E-state index in [1.54, 1.807) is 35.6 Å². The van der Waals surface area contributed by atoms with Crippen molar-refractivity contribution in [1.82, 2.24) is 24.8 Å². The van der Waals surface area contributed by atoms with Gasteiger partial charge in [-0.25, -0.2) is 15.0 Å². The number of rotatable bonds is 3. The fourth-order valence-corrected chi connectivity index (χ4v) is 2.09. The quantitative estimate of drug-likeness (QED) is 0.884. The number of amides is 1. The summed E-state index contributed by atoms with van der Waals surface area (Å²) >= 11 is 0. The van der Waals surface area contributed by atoms with Crippen molar-refractivity contribution in [3.8, 4) is 5.82 Å². The Morgan fingerprint density at radius 2 is 2.20 bits per heavy atom. The van der Waals surface area contributed by atoms with Crippen molar-refractivity contribution in [3.63, 3.8) is 0 Å². The maximum absolute atomic E-state index is 12.1. The number of hydrogen-bond donors (Lipinski definition) is 1. The number of carbonyl (C=O) groups is 1. The molecular weight excluding hydrogens is 258 g/mol. The van der Waals surface area contributed by atoms with E-state index in [0.717, 1.165) is 12.8 Å². The molecule has 7 nitrogen and oxygen atoms in total. The molecule has 0 aromatic carbocycles. The van der Waals surface area contributed by atoms with Gasteiger partial charge in [0.15, 0.2) is 0 Å². The van der Waals surface area contributed by atoms with Crippen molar-refractivity contribution in [2.24, 2.45) is 0 Å². The Hall–Kier alpha value is -2.28. The number of carbonyl (C=O) groups excluding carboxylic acids is 1. The van der Waals surface area contributed by atoms with Crippen LogP contribution >= 0.6 is 0 Å². The fraction of sp³-hybridized carbons (Fsp3) is 0.385. The fourth-order valence-electron chi connectivity index (χ4n) is 2.09. The molecule has 2 aromatic rings. The summed E-state index contributed by atoms with van der Waals surface area (Å²) in [4.78, 5) is 24.4. The third kappa shape index (κ3) is 2.83. The standard InChI is InChI=1S/C13H15N5O2/c19-13(16-10-2-7-20-8-3-10)12-15-4-1-11(17-12)18-6-5-14-9-18/h1,4-6,9-10H,2-3,7-8H2,(H,16,19). The molecule has 0 unspecified atom stereocenters. The normalized spacial score (nSPS) is 16.0. The number of nitrogens with zero attached hydrogens (tertiary/aromatic N) is 4. The summed E-state index contributed by atoms with van der Waals surface area (Å²) < 4.78 is 6.99. The molecule has 0 spiro atoms. The minimum absolute atomic E-state index is 0.136. The number of nitrogens with one attached hydrogen (secondary N) is 1. The van der Waals surface area contributed by atoms with E-state index >= 15 is 0 Å².